The number of tetrazole rings is 1. The molecule has 1 aliphatic rings. The molecule has 1 N–H and O–H groups in total. The van der Waals surface area contributed by atoms with Crippen molar-refractivity contribution in [1.29, 1.82) is 0 Å². The number of aromatic nitrogens is 4. The Hall–Kier alpha value is -1.43. The second-order valence-corrected chi connectivity index (χ2v) is 4.00. The maximum atomic E-state index is 11.5. The van der Waals surface area contributed by atoms with Crippen LogP contribution in [0.4, 0.5) is 0 Å². The van der Waals surface area contributed by atoms with E-state index in [1.54, 1.807) is 0 Å². The van der Waals surface area contributed by atoms with Crippen LogP contribution in [0.25, 0.3) is 5.70 Å². The molecule has 2 rings (SSSR count). The monoisotopic (exact) mass is 282 g/mol. The Morgan fingerprint density at radius 1 is 1.62 bits per heavy atom. The van der Waals surface area contributed by atoms with Gasteiger partial charge in [-0.25, -0.2) is 9.89 Å². The summed E-state index contributed by atoms with van der Waals surface area (Å²) in [6.07, 6.45) is 6.87. The van der Waals surface area contributed by atoms with Crippen molar-refractivity contribution in [3.8, 4) is 0 Å². The molecule has 0 bridgehead atoms. The first-order valence-corrected chi connectivity index (χ1v) is 5.99. The smallest absolute Gasteiger partial charge is 0.244 e. The highest BCUT2D eigenvalue weighted by atomic mass is 79.9. The van der Waals surface area contributed by atoms with Crippen molar-refractivity contribution >= 4 is 21.6 Å². The summed E-state index contributed by atoms with van der Waals surface area (Å²) in [7, 11) is 0. The minimum absolute atomic E-state index is 0.326. The van der Waals surface area contributed by atoms with Crippen molar-refractivity contribution in [1.82, 2.24) is 20.2 Å². The third-order valence-electron chi connectivity index (χ3n) is 2.46. The van der Waals surface area contributed by atoms with Crippen LogP contribution in [0.1, 0.15) is 13.3 Å². The van der Waals surface area contributed by atoms with E-state index >= 15 is 0 Å². The summed E-state index contributed by atoms with van der Waals surface area (Å²) >= 11 is 3.43. The molecular weight excluding hydrogens is 272 g/mol. The molecular formula is C10H11BrN4O. The van der Waals surface area contributed by atoms with Gasteiger partial charge in [0.15, 0.2) is 0 Å². The Bertz CT molecular complexity index is 535. The lowest BCUT2D eigenvalue weighted by atomic mass is 10.1. The highest BCUT2D eigenvalue weighted by Crippen LogP contribution is 2.23. The Morgan fingerprint density at radius 2 is 2.44 bits per heavy atom. The van der Waals surface area contributed by atoms with E-state index in [1.165, 1.54) is 4.68 Å². The molecule has 1 heterocycles. The van der Waals surface area contributed by atoms with Crippen molar-refractivity contribution in [2.75, 3.05) is 5.33 Å². The second-order valence-electron chi connectivity index (χ2n) is 3.44. The average molecular weight is 283 g/mol. The molecule has 84 valence electrons. The van der Waals surface area contributed by atoms with Gasteiger partial charge in [0.05, 0.1) is 5.70 Å². The van der Waals surface area contributed by atoms with Crippen molar-refractivity contribution in [3.63, 3.8) is 0 Å². The highest BCUT2D eigenvalue weighted by Gasteiger charge is 2.12. The number of hydrogen-bond donors (Lipinski definition) is 1. The van der Waals surface area contributed by atoms with E-state index in [0.29, 0.717) is 5.33 Å². The van der Waals surface area contributed by atoms with Crippen molar-refractivity contribution in [3.05, 3.63) is 39.9 Å². The van der Waals surface area contributed by atoms with Gasteiger partial charge in [0.25, 0.3) is 0 Å². The van der Waals surface area contributed by atoms with Crippen molar-refractivity contribution < 1.29 is 0 Å². The molecule has 0 aliphatic heterocycles. The number of aromatic amines is 1. The number of hydrogen-bond acceptors (Lipinski definition) is 3. The second kappa shape index (κ2) is 4.61. The van der Waals surface area contributed by atoms with E-state index in [2.05, 4.69) is 37.5 Å². The first-order chi connectivity index (χ1) is 7.74. The number of halogens is 1. The summed E-state index contributed by atoms with van der Waals surface area (Å²) in [5.41, 5.74) is 2.63. The zero-order valence-corrected chi connectivity index (χ0v) is 10.4. The summed E-state index contributed by atoms with van der Waals surface area (Å²) in [5.74, 6) is 0. The van der Waals surface area contributed by atoms with E-state index in [-0.39, 0.29) is 5.69 Å². The van der Waals surface area contributed by atoms with Gasteiger partial charge in [-0.3, -0.25) is 0 Å². The molecule has 0 atom stereocenters. The van der Waals surface area contributed by atoms with Crippen LogP contribution in [0, 0.1) is 0 Å². The molecule has 6 heteroatoms. The third kappa shape index (κ3) is 1.92. The normalized spacial score (nSPS) is 16.2. The number of nitrogens with zero attached hydrogens (tertiary/aromatic N) is 3. The minimum Gasteiger partial charge on any atom is -0.244 e. The lowest BCUT2D eigenvalue weighted by Gasteiger charge is -2.08. The number of rotatable bonds is 2. The highest BCUT2D eigenvalue weighted by molar-refractivity contribution is 9.09. The molecule has 0 saturated heterocycles. The van der Waals surface area contributed by atoms with Gasteiger partial charge in [-0.15, -0.1) is 0 Å². The van der Waals surface area contributed by atoms with Gasteiger partial charge in [-0.2, -0.15) is 4.68 Å². The molecule has 0 aromatic carbocycles. The molecule has 1 aliphatic carbocycles. The molecule has 5 nitrogen and oxygen atoms in total. The van der Waals surface area contributed by atoms with Crippen LogP contribution in [-0.2, 0) is 0 Å². The van der Waals surface area contributed by atoms with Crippen LogP contribution in [0.5, 0.6) is 0 Å². The standard InChI is InChI=1S/C10H11BrN4O/c1-7-4-2-3-5-9(8(7)6-11)15-10(16)12-13-14-15/h3-5H,2,6H2,1H3,(H,12,14,16). The summed E-state index contributed by atoms with van der Waals surface area (Å²) in [5, 5.41) is 10.2. The molecule has 1 aromatic rings. The summed E-state index contributed by atoms with van der Waals surface area (Å²) in [4.78, 5) is 11.5. The van der Waals surface area contributed by atoms with Gasteiger partial charge < -0.3 is 0 Å². The molecule has 16 heavy (non-hydrogen) atoms. The molecule has 0 saturated carbocycles. The quantitative estimate of drug-likeness (QED) is 0.836. The fourth-order valence-corrected chi connectivity index (χ4v) is 2.31. The van der Waals surface area contributed by atoms with Crippen LogP contribution < -0.4 is 5.69 Å². The maximum Gasteiger partial charge on any atom is 0.365 e. The van der Waals surface area contributed by atoms with E-state index in [4.69, 9.17) is 0 Å². The van der Waals surface area contributed by atoms with E-state index in [1.807, 2.05) is 19.1 Å². The van der Waals surface area contributed by atoms with Crippen LogP contribution in [0.15, 0.2) is 34.2 Å². The summed E-state index contributed by atoms with van der Waals surface area (Å²) < 4.78 is 1.27. The lowest BCUT2D eigenvalue weighted by Crippen LogP contribution is -2.18. The van der Waals surface area contributed by atoms with Gasteiger partial charge in [-0.05, 0) is 41.0 Å². The SMILES string of the molecule is CC1=CCC=CC(n2nn[nH]c2=O)=C1CBr. The molecule has 0 unspecified atom stereocenters. The fraction of sp³-hybridized carbons (Fsp3) is 0.300. The largest absolute Gasteiger partial charge is 0.365 e. The van der Waals surface area contributed by atoms with Gasteiger partial charge >= 0.3 is 5.69 Å². The predicted octanol–water partition coefficient (Wildman–Crippen LogP) is 1.48. The Morgan fingerprint density at radius 3 is 3.06 bits per heavy atom. The topological polar surface area (TPSA) is 63.6 Å². The van der Waals surface area contributed by atoms with E-state index < -0.39 is 0 Å². The number of H-pyrrole nitrogens is 1. The Labute approximate surface area is 101 Å². The number of allylic oxidation sites excluding steroid dienone is 6. The van der Waals surface area contributed by atoms with Crippen molar-refractivity contribution in [2.24, 2.45) is 0 Å². The van der Waals surface area contributed by atoms with E-state index in [9.17, 15) is 4.79 Å². The summed E-state index contributed by atoms with van der Waals surface area (Å²) in [6.45, 7) is 2.02. The maximum absolute atomic E-state index is 11.5. The number of alkyl halides is 1. The molecule has 1 aromatic heterocycles. The summed E-state index contributed by atoms with van der Waals surface area (Å²) in [6, 6.07) is 0. The zero-order chi connectivity index (χ0) is 11.5. The Kier molecular flexibility index (Phi) is 3.19. The Balaban J connectivity index is 2.63. The average Bonchev–Trinajstić information content (AvgIpc) is 2.59. The van der Waals surface area contributed by atoms with Crippen LogP contribution >= 0.6 is 15.9 Å². The molecule has 0 fully saturated rings. The predicted molar refractivity (Wildman–Crippen MR) is 65.2 cm³/mol. The van der Waals surface area contributed by atoms with Gasteiger partial charge in [0.2, 0.25) is 0 Å². The van der Waals surface area contributed by atoms with Crippen LogP contribution in [-0.4, -0.2) is 25.5 Å². The number of nitrogens with one attached hydrogen (secondary N) is 1. The fourth-order valence-electron chi connectivity index (χ4n) is 1.58. The lowest BCUT2D eigenvalue weighted by molar-refractivity contribution is 0.795. The first-order valence-electron chi connectivity index (χ1n) is 4.87. The van der Waals surface area contributed by atoms with Crippen LogP contribution in [0.3, 0.4) is 0 Å². The molecule has 0 spiro atoms. The van der Waals surface area contributed by atoms with Gasteiger partial charge in [0, 0.05) is 5.33 Å². The van der Waals surface area contributed by atoms with Gasteiger partial charge in [0.1, 0.15) is 0 Å². The van der Waals surface area contributed by atoms with Crippen molar-refractivity contribution in [2.45, 2.75) is 13.3 Å². The minimum atomic E-state index is -0.326. The van der Waals surface area contributed by atoms with Gasteiger partial charge in [-0.1, -0.05) is 28.1 Å². The zero-order valence-electron chi connectivity index (χ0n) is 8.77. The third-order valence-corrected chi connectivity index (χ3v) is 3.02. The molecule has 0 amide bonds. The van der Waals surface area contributed by atoms with Crippen LogP contribution in [0.2, 0.25) is 0 Å². The first kappa shape index (κ1) is 11.1. The molecule has 0 radical (unpaired) electrons. The van der Waals surface area contributed by atoms with E-state index in [0.717, 1.165) is 23.3 Å².